The normalized spacial score (nSPS) is 16.6. The fourth-order valence-corrected chi connectivity index (χ4v) is 3.09. The van der Waals surface area contributed by atoms with Crippen molar-refractivity contribution in [2.75, 3.05) is 0 Å². The first-order valence-electron chi connectivity index (χ1n) is 8.15. The van der Waals surface area contributed by atoms with Gasteiger partial charge in [-0.25, -0.2) is 4.79 Å². The van der Waals surface area contributed by atoms with Crippen LogP contribution < -0.4 is 16.7 Å². The molecule has 1 aromatic heterocycles. The van der Waals surface area contributed by atoms with Crippen molar-refractivity contribution in [2.45, 2.75) is 38.8 Å². The second kappa shape index (κ2) is 7.26. The van der Waals surface area contributed by atoms with Crippen molar-refractivity contribution >= 4 is 21.6 Å². The van der Waals surface area contributed by atoms with E-state index < -0.39 is 11.2 Å². The Morgan fingerprint density at radius 3 is 2.72 bits per heavy atom. The summed E-state index contributed by atoms with van der Waals surface area (Å²) in [7, 11) is 0. The summed E-state index contributed by atoms with van der Waals surface area (Å²) in [6, 6.07) is 7.71. The number of hydrogen-bond donors (Lipinski definition) is 3. The molecule has 0 saturated heterocycles. The Hall–Kier alpha value is -2.35. The van der Waals surface area contributed by atoms with Gasteiger partial charge < -0.3 is 10.5 Å². The molecule has 1 aromatic carbocycles. The fourth-order valence-electron chi connectivity index (χ4n) is 2.83. The number of nitrogens with zero attached hydrogens (tertiary/aromatic N) is 2. The Balaban J connectivity index is 1.91. The summed E-state index contributed by atoms with van der Waals surface area (Å²) >= 11 is 3.40. The molecule has 0 aliphatic carbocycles. The SMILES string of the molecule is CCCCn1c(O)c(C2=NN[C@H](c3ccc(Br)cc3)C2)c(=O)[nH]c1=O. The van der Waals surface area contributed by atoms with Gasteiger partial charge in [-0.15, -0.1) is 0 Å². The number of aromatic hydroxyl groups is 1. The van der Waals surface area contributed by atoms with Gasteiger partial charge in [0.2, 0.25) is 5.88 Å². The molecule has 25 heavy (non-hydrogen) atoms. The summed E-state index contributed by atoms with van der Waals surface area (Å²) in [5.74, 6) is -0.320. The van der Waals surface area contributed by atoms with Crippen LogP contribution in [0.3, 0.4) is 0 Å². The van der Waals surface area contributed by atoms with Gasteiger partial charge in [-0.2, -0.15) is 5.10 Å². The average molecular weight is 407 g/mol. The molecule has 1 aliphatic rings. The molecule has 132 valence electrons. The quantitative estimate of drug-likeness (QED) is 0.708. The number of rotatable bonds is 5. The third-order valence-electron chi connectivity index (χ3n) is 4.22. The van der Waals surface area contributed by atoms with Gasteiger partial charge in [-0.1, -0.05) is 41.4 Å². The van der Waals surface area contributed by atoms with Crippen LogP contribution in [0, 0.1) is 0 Å². The molecule has 0 radical (unpaired) electrons. The molecular formula is C17H19BrN4O3. The fraction of sp³-hybridized carbons (Fsp3) is 0.353. The largest absolute Gasteiger partial charge is 0.494 e. The number of hydrogen-bond acceptors (Lipinski definition) is 5. The van der Waals surface area contributed by atoms with Crippen molar-refractivity contribution in [3.63, 3.8) is 0 Å². The van der Waals surface area contributed by atoms with Gasteiger partial charge in [-0.3, -0.25) is 14.3 Å². The first-order chi connectivity index (χ1) is 12.0. The number of unbranched alkanes of at least 4 members (excludes halogenated alkanes) is 1. The Morgan fingerprint density at radius 1 is 1.32 bits per heavy atom. The van der Waals surface area contributed by atoms with Crippen LogP contribution in [-0.4, -0.2) is 20.4 Å². The molecule has 3 N–H and O–H groups in total. The maximum absolute atomic E-state index is 12.2. The van der Waals surface area contributed by atoms with Crippen LogP contribution in [0.1, 0.15) is 43.4 Å². The molecule has 3 rings (SSSR count). The summed E-state index contributed by atoms with van der Waals surface area (Å²) in [4.78, 5) is 26.4. The molecule has 0 unspecified atom stereocenters. The lowest BCUT2D eigenvalue weighted by Crippen LogP contribution is -2.33. The smallest absolute Gasteiger partial charge is 0.331 e. The van der Waals surface area contributed by atoms with E-state index in [2.05, 4.69) is 31.4 Å². The van der Waals surface area contributed by atoms with E-state index in [1.807, 2.05) is 31.2 Å². The number of halogens is 1. The number of hydrazone groups is 1. The number of H-pyrrole nitrogens is 1. The van der Waals surface area contributed by atoms with E-state index >= 15 is 0 Å². The first kappa shape index (κ1) is 17.5. The van der Waals surface area contributed by atoms with Crippen molar-refractivity contribution in [1.82, 2.24) is 15.0 Å². The number of aromatic amines is 1. The minimum absolute atomic E-state index is 0.0582. The Bertz CT molecular complexity index is 915. The molecule has 8 heteroatoms. The van der Waals surface area contributed by atoms with Crippen LogP contribution in [0.5, 0.6) is 5.88 Å². The molecule has 2 heterocycles. The molecule has 7 nitrogen and oxygen atoms in total. The lowest BCUT2D eigenvalue weighted by atomic mass is 10.0. The van der Waals surface area contributed by atoms with Crippen molar-refractivity contribution in [2.24, 2.45) is 5.10 Å². The van der Waals surface area contributed by atoms with Gasteiger partial charge in [0.05, 0.1) is 11.8 Å². The van der Waals surface area contributed by atoms with Gasteiger partial charge in [-0.05, 0) is 24.1 Å². The number of aromatic nitrogens is 2. The second-order valence-corrected chi connectivity index (χ2v) is 6.87. The first-order valence-corrected chi connectivity index (χ1v) is 8.94. The molecule has 1 aliphatic heterocycles. The minimum atomic E-state index is -0.618. The molecular weight excluding hydrogens is 388 g/mol. The number of benzene rings is 1. The van der Waals surface area contributed by atoms with Crippen LogP contribution in [0.2, 0.25) is 0 Å². The van der Waals surface area contributed by atoms with Gasteiger partial charge in [0.25, 0.3) is 5.56 Å². The maximum atomic E-state index is 12.2. The topological polar surface area (TPSA) is 99.5 Å². The zero-order chi connectivity index (χ0) is 18.0. The molecule has 1 atom stereocenters. The number of nitrogens with one attached hydrogen (secondary N) is 2. The van der Waals surface area contributed by atoms with Crippen LogP contribution in [0.15, 0.2) is 43.4 Å². The van der Waals surface area contributed by atoms with Crippen LogP contribution >= 0.6 is 15.9 Å². The third kappa shape index (κ3) is 3.53. The molecule has 0 bridgehead atoms. The standard InChI is InChI=1S/C17H19BrN4O3/c1-2-3-8-22-16(24)14(15(23)19-17(22)25)13-9-12(20-21-13)10-4-6-11(18)7-5-10/h4-7,12,20,24H,2-3,8-9H2,1H3,(H,19,23,25)/t12-/m0/s1. The van der Waals surface area contributed by atoms with Crippen molar-refractivity contribution in [1.29, 1.82) is 0 Å². The van der Waals surface area contributed by atoms with E-state index in [1.165, 1.54) is 4.57 Å². The predicted molar refractivity (Wildman–Crippen MR) is 99.1 cm³/mol. The van der Waals surface area contributed by atoms with E-state index in [-0.39, 0.29) is 17.5 Å². The highest BCUT2D eigenvalue weighted by Crippen LogP contribution is 2.27. The van der Waals surface area contributed by atoms with E-state index in [4.69, 9.17) is 0 Å². The third-order valence-corrected chi connectivity index (χ3v) is 4.75. The highest BCUT2D eigenvalue weighted by atomic mass is 79.9. The summed E-state index contributed by atoms with van der Waals surface area (Å²) in [6.45, 7) is 2.34. The van der Waals surface area contributed by atoms with Gasteiger partial charge in [0.15, 0.2) is 0 Å². The summed E-state index contributed by atoms with van der Waals surface area (Å²) in [5, 5.41) is 14.7. The Morgan fingerprint density at radius 2 is 2.04 bits per heavy atom. The van der Waals surface area contributed by atoms with Crippen LogP contribution in [-0.2, 0) is 6.54 Å². The molecule has 0 saturated carbocycles. The monoisotopic (exact) mass is 406 g/mol. The summed E-state index contributed by atoms with van der Waals surface area (Å²) in [6.07, 6.45) is 2.05. The highest BCUT2D eigenvalue weighted by Gasteiger charge is 2.27. The van der Waals surface area contributed by atoms with E-state index in [1.54, 1.807) is 0 Å². The van der Waals surface area contributed by atoms with E-state index in [0.717, 1.165) is 22.9 Å². The molecule has 0 amide bonds. The van der Waals surface area contributed by atoms with Gasteiger partial charge in [0.1, 0.15) is 5.56 Å². The molecule has 0 fully saturated rings. The Kier molecular flexibility index (Phi) is 5.08. The summed E-state index contributed by atoms with van der Waals surface area (Å²) < 4.78 is 2.17. The van der Waals surface area contributed by atoms with Gasteiger partial charge >= 0.3 is 5.69 Å². The lowest BCUT2D eigenvalue weighted by Gasteiger charge is -2.12. The minimum Gasteiger partial charge on any atom is -0.494 e. The predicted octanol–water partition coefficient (Wildman–Crippen LogP) is 2.24. The molecule has 2 aromatic rings. The van der Waals surface area contributed by atoms with E-state index in [0.29, 0.717) is 18.7 Å². The summed E-state index contributed by atoms with van der Waals surface area (Å²) in [5.41, 5.74) is 3.30. The van der Waals surface area contributed by atoms with Gasteiger partial charge in [0, 0.05) is 17.4 Å². The zero-order valence-corrected chi connectivity index (χ0v) is 15.3. The van der Waals surface area contributed by atoms with Crippen molar-refractivity contribution < 1.29 is 5.11 Å². The van der Waals surface area contributed by atoms with Crippen molar-refractivity contribution in [3.05, 3.63) is 60.7 Å². The van der Waals surface area contributed by atoms with Crippen molar-refractivity contribution in [3.8, 4) is 5.88 Å². The Labute approximate surface area is 152 Å². The lowest BCUT2D eigenvalue weighted by molar-refractivity contribution is 0.394. The van der Waals surface area contributed by atoms with Crippen LogP contribution in [0.4, 0.5) is 0 Å². The maximum Gasteiger partial charge on any atom is 0.331 e. The zero-order valence-electron chi connectivity index (χ0n) is 13.8. The second-order valence-electron chi connectivity index (χ2n) is 5.96. The highest BCUT2D eigenvalue weighted by molar-refractivity contribution is 9.10. The average Bonchev–Trinajstić information content (AvgIpc) is 3.04. The molecule has 0 spiro atoms. The van der Waals surface area contributed by atoms with E-state index in [9.17, 15) is 14.7 Å². The van der Waals surface area contributed by atoms with Crippen LogP contribution in [0.25, 0.3) is 0 Å².